The van der Waals surface area contributed by atoms with Crippen LogP contribution in [-0.2, 0) is 4.74 Å². The second kappa shape index (κ2) is 10.5. The van der Waals surface area contributed by atoms with Gasteiger partial charge in [-0.3, -0.25) is 0 Å². The van der Waals surface area contributed by atoms with Crippen LogP contribution in [0.2, 0.25) is 10.0 Å². The summed E-state index contributed by atoms with van der Waals surface area (Å²) in [6.07, 6.45) is 0. The van der Waals surface area contributed by atoms with Crippen molar-refractivity contribution in [2.75, 3.05) is 33.4 Å². The highest BCUT2D eigenvalue weighted by Crippen LogP contribution is 2.31. The van der Waals surface area contributed by atoms with Gasteiger partial charge < -0.3 is 20.1 Å². The molecule has 0 aromatic heterocycles. The Morgan fingerprint density at radius 1 is 1.36 bits per heavy atom. The minimum atomic E-state index is 0.172. The van der Waals surface area contributed by atoms with Crippen molar-refractivity contribution < 1.29 is 9.47 Å². The van der Waals surface area contributed by atoms with Crippen LogP contribution < -0.4 is 15.4 Å². The maximum Gasteiger partial charge on any atom is 0.191 e. The molecule has 0 fully saturated rings. The predicted octanol–water partition coefficient (Wildman–Crippen LogP) is 2.96. The van der Waals surface area contributed by atoms with Gasteiger partial charge in [-0.2, -0.15) is 0 Å². The van der Waals surface area contributed by atoms with Crippen molar-refractivity contribution in [2.24, 2.45) is 4.99 Å². The maximum absolute atomic E-state index is 6.06. The Hall–Kier alpha value is -1.17. The van der Waals surface area contributed by atoms with Gasteiger partial charge in [0.25, 0.3) is 0 Å². The molecule has 1 aromatic rings. The summed E-state index contributed by atoms with van der Waals surface area (Å²) < 4.78 is 10.7. The molecule has 0 saturated carbocycles. The van der Waals surface area contributed by atoms with Crippen LogP contribution >= 0.6 is 23.2 Å². The van der Waals surface area contributed by atoms with Gasteiger partial charge in [-0.1, -0.05) is 29.3 Å². The zero-order valence-electron chi connectivity index (χ0n) is 13.2. The van der Waals surface area contributed by atoms with Crippen LogP contribution in [0.25, 0.3) is 0 Å². The molecule has 0 aliphatic heterocycles. The molecule has 0 spiro atoms. The highest BCUT2D eigenvalue weighted by Gasteiger charge is 2.06. The number of nitrogens with one attached hydrogen (secondary N) is 2. The Morgan fingerprint density at radius 2 is 2.14 bits per heavy atom. The Morgan fingerprint density at radius 3 is 2.82 bits per heavy atom. The van der Waals surface area contributed by atoms with Gasteiger partial charge in [-0.25, -0.2) is 4.99 Å². The van der Waals surface area contributed by atoms with Gasteiger partial charge in [-0.05, 0) is 26.0 Å². The molecule has 0 bridgehead atoms. The molecule has 1 rings (SSSR count). The Labute approximate surface area is 142 Å². The maximum atomic E-state index is 6.06. The van der Waals surface area contributed by atoms with Gasteiger partial charge in [0.1, 0.15) is 17.4 Å². The van der Waals surface area contributed by atoms with Gasteiger partial charge in [-0.15, -0.1) is 0 Å². The normalized spacial score (nSPS) is 12.9. The van der Waals surface area contributed by atoms with Crippen LogP contribution in [0.15, 0.2) is 23.2 Å². The molecule has 22 heavy (non-hydrogen) atoms. The number of benzene rings is 1. The second-order valence-corrected chi connectivity index (χ2v) is 5.45. The van der Waals surface area contributed by atoms with Gasteiger partial charge >= 0.3 is 0 Å². The van der Waals surface area contributed by atoms with Crippen molar-refractivity contribution in [1.82, 2.24) is 10.6 Å². The lowest BCUT2D eigenvalue weighted by atomic mass is 10.3. The summed E-state index contributed by atoms with van der Waals surface area (Å²) >= 11 is 12.0. The SMILES string of the molecule is CCNC(=NCCOc1cccc(Cl)c1Cl)NC(C)COC. The fraction of sp³-hybridized carbons (Fsp3) is 0.533. The van der Waals surface area contributed by atoms with Gasteiger partial charge in [0.15, 0.2) is 5.96 Å². The smallest absolute Gasteiger partial charge is 0.191 e. The Kier molecular flexibility index (Phi) is 9.04. The molecule has 0 saturated heterocycles. The molecule has 124 valence electrons. The van der Waals surface area contributed by atoms with E-state index in [9.17, 15) is 0 Å². The molecule has 0 radical (unpaired) electrons. The zero-order valence-corrected chi connectivity index (χ0v) is 14.7. The van der Waals surface area contributed by atoms with Gasteiger partial charge in [0.05, 0.1) is 18.2 Å². The van der Waals surface area contributed by atoms with E-state index >= 15 is 0 Å². The van der Waals surface area contributed by atoms with E-state index < -0.39 is 0 Å². The average molecular weight is 348 g/mol. The van der Waals surface area contributed by atoms with E-state index in [1.807, 2.05) is 13.8 Å². The molecule has 7 heteroatoms. The fourth-order valence-electron chi connectivity index (χ4n) is 1.75. The van der Waals surface area contributed by atoms with Crippen molar-refractivity contribution in [3.8, 4) is 5.75 Å². The van der Waals surface area contributed by atoms with E-state index in [1.165, 1.54) is 0 Å². The number of hydrogen-bond donors (Lipinski definition) is 2. The van der Waals surface area contributed by atoms with E-state index in [1.54, 1.807) is 25.3 Å². The quantitative estimate of drug-likeness (QED) is 0.431. The van der Waals surface area contributed by atoms with Crippen LogP contribution in [-0.4, -0.2) is 45.4 Å². The van der Waals surface area contributed by atoms with E-state index in [0.717, 1.165) is 12.5 Å². The molecular weight excluding hydrogens is 325 g/mol. The number of ether oxygens (including phenoxy) is 2. The lowest BCUT2D eigenvalue weighted by Crippen LogP contribution is -2.44. The van der Waals surface area contributed by atoms with Crippen LogP contribution in [0.4, 0.5) is 0 Å². The lowest BCUT2D eigenvalue weighted by molar-refractivity contribution is 0.179. The summed E-state index contributed by atoms with van der Waals surface area (Å²) in [5, 5.41) is 7.32. The molecule has 0 heterocycles. The summed E-state index contributed by atoms with van der Waals surface area (Å²) in [5.41, 5.74) is 0. The van der Waals surface area contributed by atoms with E-state index in [-0.39, 0.29) is 6.04 Å². The monoisotopic (exact) mass is 347 g/mol. The standard InChI is InChI=1S/C15H23Cl2N3O2/c1-4-18-15(20-11(2)10-21-3)19-8-9-22-13-7-5-6-12(16)14(13)17/h5-7,11H,4,8-10H2,1-3H3,(H2,18,19,20). The molecule has 1 aromatic carbocycles. The van der Waals surface area contributed by atoms with E-state index in [4.69, 9.17) is 32.7 Å². The largest absolute Gasteiger partial charge is 0.490 e. The van der Waals surface area contributed by atoms with Gasteiger partial charge in [0, 0.05) is 19.7 Å². The van der Waals surface area contributed by atoms with Crippen molar-refractivity contribution in [1.29, 1.82) is 0 Å². The number of aliphatic imine (C=N–C) groups is 1. The lowest BCUT2D eigenvalue weighted by Gasteiger charge is -2.17. The predicted molar refractivity (Wildman–Crippen MR) is 92.4 cm³/mol. The van der Waals surface area contributed by atoms with Crippen molar-refractivity contribution in [2.45, 2.75) is 19.9 Å². The molecule has 2 N–H and O–H groups in total. The Balaban J connectivity index is 2.48. The first-order valence-electron chi connectivity index (χ1n) is 7.19. The molecule has 1 unspecified atom stereocenters. The minimum absolute atomic E-state index is 0.172. The van der Waals surface area contributed by atoms with Crippen molar-refractivity contribution >= 4 is 29.2 Å². The summed E-state index contributed by atoms with van der Waals surface area (Å²) in [5.74, 6) is 1.29. The Bertz CT molecular complexity index is 484. The van der Waals surface area contributed by atoms with E-state index in [2.05, 4.69) is 15.6 Å². The number of nitrogens with zero attached hydrogens (tertiary/aromatic N) is 1. The topological polar surface area (TPSA) is 54.9 Å². The summed E-state index contributed by atoms with van der Waals surface area (Å²) in [6, 6.07) is 5.47. The third-order valence-electron chi connectivity index (χ3n) is 2.68. The highest BCUT2D eigenvalue weighted by atomic mass is 35.5. The first-order chi connectivity index (χ1) is 10.6. The van der Waals surface area contributed by atoms with Gasteiger partial charge in [0.2, 0.25) is 0 Å². The average Bonchev–Trinajstić information content (AvgIpc) is 2.48. The number of rotatable bonds is 8. The molecular formula is C15H23Cl2N3O2. The highest BCUT2D eigenvalue weighted by molar-refractivity contribution is 6.42. The number of hydrogen-bond acceptors (Lipinski definition) is 3. The third-order valence-corrected chi connectivity index (χ3v) is 3.48. The molecule has 0 amide bonds. The minimum Gasteiger partial charge on any atom is -0.490 e. The van der Waals surface area contributed by atoms with E-state index in [0.29, 0.717) is 35.6 Å². The van der Waals surface area contributed by atoms with Crippen molar-refractivity contribution in [3.63, 3.8) is 0 Å². The van der Waals surface area contributed by atoms with Crippen LogP contribution in [0, 0.1) is 0 Å². The summed E-state index contributed by atoms with van der Waals surface area (Å²) in [6.45, 7) is 6.34. The van der Waals surface area contributed by atoms with Crippen LogP contribution in [0.1, 0.15) is 13.8 Å². The van der Waals surface area contributed by atoms with Crippen LogP contribution in [0.5, 0.6) is 5.75 Å². The zero-order chi connectivity index (χ0) is 16.4. The first kappa shape index (κ1) is 18.9. The second-order valence-electron chi connectivity index (χ2n) is 4.66. The number of guanidine groups is 1. The summed E-state index contributed by atoms with van der Waals surface area (Å²) in [4.78, 5) is 4.44. The van der Waals surface area contributed by atoms with Crippen molar-refractivity contribution in [3.05, 3.63) is 28.2 Å². The molecule has 5 nitrogen and oxygen atoms in total. The molecule has 0 aliphatic carbocycles. The number of halogens is 2. The van der Waals surface area contributed by atoms with Crippen LogP contribution in [0.3, 0.4) is 0 Å². The number of methoxy groups -OCH3 is 1. The third kappa shape index (κ3) is 6.73. The summed E-state index contributed by atoms with van der Waals surface area (Å²) in [7, 11) is 1.67. The first-order valence-corrected chi connectivity index (χ1v) is 7.94. The molecule has 1 atom stereocenters. The molecule has 0 aliphatic rings. The fourth-order valence-corrected chi connectivity index (χ4v) is 2.10.